The average molecular weight is 435 g/mol. The average Bonchev–Trinajstić information content (AvgIpc) is 3.14. The Balaban J connectivity index is 1.30. The van der Waals surface area contributed by atoms with Gasteiger partial charge in [-0.2, -0.15) is 0 Å². The second kappa shape index (κ2) is 11.0. The number of aryl methyl sites for hydroxylation is 4. The van der Waals surface area contributed by atoms with E-state index in [1.807, 2.05) is 0 Å². The van der Waals surface area contributed by atoms with E-state index in [1.54, 1.807) is 0 Å². The highest BCUT2D eigenvalue weighted by atomic mass is 16.5. The number of imidazole rings is 1. The molecule has 1 aliphatic rings. The maximum absolute atomic E-state index is 6.06. The Morgan fingerprint density at radius 2 is 1.72 bits per heavy atom. The molecule has 0 spiro atoms. The quantitative estimate of drug-likeness (QED) is 0.434. The molecular weight excluding hydrogens is 396 g/mol. The van der Waals surface area contributed by atoms with Crippen LogP contribution >= 0.6 is 0 Å². The standard InChI is InChI=1S/C27H38N4O/c1-22-12-13-23(2)26(21-22)32-20-7-6-15-31-25-10-5-4-9-24(25)28-27(31)11-8-14-30-18-16-29(3)17-19-30/h4-5,9-10,12-13,21H,6-8,11,14-20H2,1-3H3. The zero-order valence-electron chi connectivity index (χ0n) is 20.0. The van der Waals surface area contributed by atoms with Gasteiger partial charge in [-0.15, -0.1) is 0 Å². The van der Waals surface area contributed by atoms with Crippen molar-refractivity contribution in [1.29, 1.82) is 0 Å². The van der Waals surface area contributed by atoms with Crippen LogP contribution in [0.3, 0.4) is 0 Å². The number of likely N-dealkylation sites (N-methyl/N-ethyl adjacent to an activating group) is 1. The molecule has 0 atom stereocenters. The summed E-state index contributed by atoms with van der Waals surface area (Å²) in [5.74, 6) is 2.25. The van der Waals surface area contributed by atoms with E-state index < -0.39 is 0 Å². The number of nitrogens with zero attached hydrogens (tertiary/aromatic N) is 4. The van der Waals surface area contributed by atoms with Gasteiger partial charge < -0.3 is 19.1 Å². The van der Waals surface area contributed by atoms with Crippen molar-refractivity contribution in [3.63, 3.8) is 0 Å². The van der Waals surface area contributed by atoms with Crippen molar-refractivity contribution >= 4 is 11.0 Å². The Labute approximate surface area is 193 Å². The summed E-state index contributed by atoms with van der Waals surface area (Å²) in [6.07, 6.45) is 4.35. The number of piperazine rings is 1. The first kappa shape index (κ1) is 22.8. The number of rotatable bonds is 10. The number of ether oxygens (including phenoxy) is 1. The van der Waals surface area contributed by atoms with E-state index in [0.29, 0.717) is 0 Å². The van der Waals surface area contributed by atoms with Crippen LogP contribution in [0.1, 0.15) is 36.2 Å². The Bertz CT molecular complexity index is 1000. The fraction of sp³-hybridized carbons (Fsp3) is 0.519. The number of benzene rings is 2. The van der Waals surface area contributed by atoms with Crippen LogP contribution in [0, 0.1) is 13.8 Å². The molecule has 0 radical (unpaired) electrons. The van der Waals surface area contributed by atoms with E-state index in [9.17, 15) is 0 Å². The number of unbranched alkanes of at least 4 members (excludes halogenated alkanes) is 1. The predicted molar refractivity (Wildman–Crippen MR) is 133 cm³/mol. The van der Waals surface area contributed by atoms with Crippen LogP contribution in [0.4, 0.5) is 0 Å². The summed E-state index contributed by atoms with van der Waals surface area (Å²) >= 11 is 0. The van der Waals surface area contributed by atoms with Crippen molar-refractivity contribution in [1.82, 2.24) is 19.4 Å². The Morgan fingerprint density at radius 3 is 2.56 bits per heavy atom. The Hall–Kier alpha value is -2.37. The van der Waals surface area contributed by atoms with Crippen molar-refractivity contribution < 1.29 is 4.74 Å². The summed E-state index contributed by atoms with van der Waals surface area (Å²) in [6, 6.07) is 15.0. The van der Waals surface area contributed by atoms with Crippen LogP contribution in [-0.4, -0.2) is 65.7 Å². The first-order valence-electron chi connectivity index (χ1n) is 12.2. The van der Waals surface area contributed by atoms with Crippen LogP contribution in [-0.2, 0) is 13.0 Å². The van der Waals surface area contributed by atoms with Crippen molar-refractivity contribution in [3.8, 4) is 5.75 Å². The maximum atomic E-state index is 6.06. The molecule has 1 fully saturated rings. The zero-order valence-corrected chi connectivity index (χ0v) is 20.0. The molecule has 5 nitrogen and oxygen atoms in total. The highest BCUT2D eigenvalue weighted by Crippen LogP contribution is 2.21. The lowest BCUT2D eigenvalue weighted by Crippen LogP contribution is -2.44. The van der Waals surface area contributed by atoms with Gasteiger partial charge >= 0.3 is 0 Å². The van der Waals surface area contributed by atoms with Gasteiger partial charge in [-0.25, -0.2) is 4.98 Å². The van der Waals surface area contributed by atoms with Gasteiger partial charge in [0.25, 0.3) is 0 Å². The van der Waals surface area contributed by atoms with Gasteiger partial charge in [-0.3, -0.25) is 0 Å². The minimum atomic E-state index is 0.760. The molecule has 0 saturated carbocycles. The summed E-state index contributed by atoms with van der Waals surface area (Å²) < 4.78 is 8.50. The van der Waals surface area contributed by atoms with Crippen LogP contribution in [0.5, 0.6) is 5.75 Å². The molecule has 172 valence electrons. The molecule has 0 aliphatic carbocycles. The summed E-state index contributed by atoms with van der Waals surface area (Å²) in [7, 11) is 2.22. The van der Waals surface area contributed by atoms with Gasteiger partial charge in [0.1, 0.15) is 11.6 Å². The number of hydrogen-bond donors (Lipinski definition) is 0. The fourth-order valence-electron chi connectivity index (χ4n) is 4.51. The van der Waals surface area contributed by atoms with Crippen LogP contribution in [0.15, 0.2) is 42.5 Å². The van der Waals surface area contributed by atoms with E-state index >= 15 is 0 Å². The topological polar surface area (TPSA) is 33.5 Å². The summed E-state index contributed by atoms with van der Waals surface area (Å²) in [4.78, 5) is 9.99. The smallest absolute Gasteiger partial charge is 0.122 e. The molecule has 3 aromatic rings. The molecule has 1 aromatic heterocycles. The van der Waals surface area contributed by atoms with Crippen LogP contribution in [0.2, 0.25) is 0 Å². The lowest BCUT2D eigenvalue weighted by Gasteiger charge is -2.32. The number of para-hydroxylation sites is 2. The molecule has 4 rings (SSSR count). The highest BCUT2D eigenvalue weighted by Gasteiger charge is 2.15. The second-order valence-electron chi connectivity index (χ2n) is 9.24. The molecule has 2 aromatic carbocycles. The molecular formula is C27H38N4O. The van der Waals surface area contributed by atoms with Gasteiger partial charge in [0.2, 0.25) is 0 Å². The SMILES string of the molecule is Cc1ccc(C)c(OCCCCn2c(CCCN3CCN(C)CC3)nc3ccccc32)c1. The molecule has 0 unspecified atom stereocenters. The molecule has 0 N–H and O–H groups in total. The molecule has 32 heavy (non-hydrogen) atoms. The van der Waals surface area contributed by atoms with E-state index in [4.69, 9.17) is 9.72 Å². The lowest BCUT2D eigenvalue weighted by molar-refractivity contribution is 0.152. The molecule has 1 aliphatic heterocycles. The number of aromatic nitrogens is 2. The van der Waals surface area contributed by atoms with Crippen LogP contribution < -0.4 is 4.74 Å². The third kappa shape index (κ3) is 5.90. The second-order valence-corrected chi connectivity index (χ2v) is 9.24. The predicted octanol–water partition coefficient (Wildman–Crippen LogP) is 4.69. The minimum Gasteiger partial charge on any atom is -0.493 e. The number of fused-ring (bicyclic) bond motifs is 1. The van der Waals surface area contributed by atoms with Gasteiger partial charge in [0, 0.05) is 39.1 Å². The van der Waals surface area contributed by atoms with E-state index in [0.717, 1.165) is 43.7 Å². The number of hydrogen-bond acceptors (Lipinski definition) is 4. The summed E-state index contributed by atoms with van der Waals surface area (Å²) in [6.45, 7) is 11.9. The molecule has 5 heteroatoms. The van der Waals surface area contributed by atoms with Crippen LogP contribution in [0.25, 0.3) is 11.0 Å². The van der Waals surface area contributed by atoms with E-state index in [-0.39, 0.29) is 0 Å². The zero-order chi connectivity index (χ0) is 22.3. The molecule has 1 saturated heterocycles. The largest absolute Gasteiger partial charge is 0.493 e. The molecule has 0 bridgehead atoms. The third-order valence-corrected chi connectivity index (χ3v) is 6.58. The minimum absolute atomic E-state index is 0.760. The monoisotopic (exact) mass is 434 g/mol. The maximum Gasteiger partial charge on any atom is 0.122 e. The lowest BCUT2D eigenvalue weighted by atomic mass is 10.1. The highest BCUT2D eigenvalue weighted by molar-refractivity contribution is 5.75. The van der Waals surface area contributed by atoms with Gasteiger partial charge in [-0.1, -0.05) is 24.3 Å². The van der Waals surface area contributed by atoms with Crippen molar-refractivity contribution in [3.05, 3.63) is 59.4 Å². The van der Waals surface area contributed by atoms with E-state index in [2.05, 4.69) is 77.7 Å². The first-order chi connectivity index (χ1) is 15.6. The van der Waals surface area contributed by atoms with Gasteiger partial charge in [0.05, 0.1) is 17.6 Å². The normalized spacial score (nSPS) is 15.5. The molecule has 0 amide bonds. The Kier molecular flexibility index (Phi) is 7.82. The fourth-order valence-corrected chi connectivity index (χ4v) is 4.51. The Morgan fingerprint density at radius 1 is 0.906 bits per heavy atom. The first-order valence-corrected chi connectivity index (χ1v) is 12.2. The summed E-state index contributed by atoms with van der Waals surface area (Å²) in [5.41, 5.74) is 4.84. The van der Waals surface area contributed by atoms with Crippen molar-refractivity contribution in [2.45, 2.75) is 46.1 Å². The van der Waals surface area contributed by atoms with Gasteiger partial charge in [0.15, 0.2) is 0 Å². The van der Waals surface area contributed by atoms with Crippen molar-refractivity contribution in [2.75, 3.05) is 46.4 Å². The summed E-state index contributed by atoms with van der Waals surface area (Å²) in [5, 5.41) is 0. The van der Waals surface area contributed by atoms with Gasteiger partial charge in [-0.05, 0) is 76.0 Å². The van der Waals surface area contributed by atoms with E-state index in [1.165, 1.54) is 61.6 Å². The molecule has 2 heterocycles. The third-order valence-electron chi connectivity index (χ3n) is 6.58. The van der Waals surface area contributed by atoms with Crippen molar-refractivity contribution in [2.24, 2.45) is 0 Å².